The van der Waals surface area contributed by atoms with Crippen molar-refractivity contribution in [1.29, 1.82) is 0 Å². The van der Waals surface area contributed by atoms with Gasteiger partial charge in [0.05, 0.1) is 5.52 Å². The Bertz CT molecular complexity index is 3530. The lowest BCUT2D eigenvalue weighted by Gasteiger charge is -2.17. The molecule has 10 aromatic carbocycles. The molecular formula is C52H30N4. The quantitative estimate of drug-likeness (QED) is 0.171. The van der Waals surface area contributed by atoms with Gasteiger partial charge in [-0.25, -0.2) is 15.0 Å². The fraction of sp³-hybridized carbons (Fsp3) is 0. The molecule has 0 amide bonds. The lowest BCUT2D eigenvalue weighted by molar-refractivity contribution is 1.08. The van der Waals surface area contributed by atoms with Gasteiger partial charge in [0.25, 0.3) is 0 Å². The van der Waals surface area contributed by atoms with Crippen LogP contribution in [0.3, 0.4) is 0 Å². The SMILES string of the molecule is c1ccc(-c2cccc(-c3nc(-c4ccc5ncccc5c4)nc(-c4cc5ccc6cccc7c8cccc9ccc%10cccc(c(c4)c5c67)c%10c98)n3)c2)cc1. The monoisotopic (exact) mass is 710 g/mol. The number of aromatic nitrogens is 4. The smallest absolute Gasteiger partial charge is 0.164 e. The molecule has 0 spiro atoms. The Balaban J connectivity index is 1.18. The number of benzene rings is 9. The van der Waals surface area contributed by atoms with Crippen molar-refractivity contribution in [2.24, 2.45) is 0 Å². The van der Waals surface area contributed by atoms with E-state index in [4.69, 9.17) is 15.0 Å². The van der Waals surface area contributed by atoms with Gasteiger partial charge in [0, 0.05) is 28.3 Å². The number of pyridine rings is 1. The van der Waals surface area contributed by atoms with Gasteiger partial charge in [-0.2, -0.15) is 0 Å². The van der Waals surface area contributed by atoms with Crippen LogP contribution in [0.25, 0.3) is 121 Å². The molecule has 0 radical (unpaired) electrons. The normalized spacial score (nSPS) is 11.9. The third-order valence-electron chi connectivity index (χ3n) is 11.4. The Morgan fingerprint density at radius 2 is 0.768 bits per heavy atom. The molecule has 0 aliphatic rings. The largest absolute Gasteiger partial charge is 0.256 e. The van der Waals surface area contributed by atoms with Gasteiger partial charge in [0.15, 0.2) is 17.5 Å². The van der Waals surface area contributed by atoms with Crippen molar-refractivity contribution < 1.29 is 0 Å². The van der Waals surface area contributed by atoms with Crippen molar-refractivity contribution in [3.05, 3.63) is 182 Å². The van der Waals surface area contributed by atoms with Gasteiger partial charge in [-0.05, 0) is 118 Å². The van der Waals surface area contributed by atoms with Gasteiger partial charge >= 0.3 is 0 Å². The number of fused-ring (bicyclic) bond motifs is 3. The van der Waals surface area contributed by atoms with Crippen LogP contribution < -0.4 is 0 Å². The summed E-state index contributed by atoms with van der Waals surface area (Å²) in [5, 5.41) is 15.8. The fourth-order valence-electron chi connectivity index (χ4n) is 8.86. The molecule has 0 saturated heterocycles. The maximum atomic E-state index is 5.29. The molecule has 0 fully saturated rings. The minimum Gasteiger partial charge on any atom is -0.256 e. The van der Waals surface area contributed by atoms with E-state index in [9.17, 15) is 0 Å². The van der Waals surface area contributed by atoms with E-state index < -0.39 is 0 Å². The van der Waals surface area contributed by atoms with Crippen LogP contribution in [0.15, 0.2) is 182 Å². The van der Waals surface area contributed by atoms with Crippen LogP contribution in [0.1, 0.15) is 0 Å². The van der Waals surface area contributed by atoms with Gasteiger partial charge in [-0.1, -0.05) is 133 Å². The summed E-state index contributed by atoms with van der Waals surface area (Å²) in [6, 6.07) is 62.9. The fourth-order valence-corrected chi connectivity index (χ4v) is 8.86. The molecule has 56 heavy (non-hydrogen) atoms. The molecule has 12 aromatic rings. The van der Waals surface area contributed by atoms with E-state index >= 15 is 0 Å². The lowest BCUT2D eigenvalue weighted by atomic mass is 9.87. The lowest BCUT2D eigenvalue weighted by Crippen LogP contribution is -2.00. The van der Waals surface area contributed by atoms with Crippen molar-refractivity contribution in [1.82, 2.24) is 19.9 Å². The third kappa shape index (κ3) is 4.73. The highest BCUT2D eigenvalue weighted by atomic mass is 15.0. The Kier molecular flexibility index (Phi) is 6.60. The van der Waals surface area contributed by atoms with Crippen LogP contribution in [0.2, 0.25) is 0 Å². The summed E-state index contributed by atoms with van der Waals surface area (Å²) in [5.74, 6) is 1.87. The first kappa shape index (κ1) is 30.9. The zero-order valence-electron chi connectivity index (χ0n) is 30.1. The van der Waals surface area contributed by atoms with Gasteiger partial charge in [-0.15, -0.1) is 0 Å². The molecule has 0 unspecified atom stereocenters. The van der Waals surface area contributed by atoms with Crippen molar-refractivity contribution in [3.8, 4) is 45.3 Å². The van der Waals surface area contributed by atoms with Crippen LogP contribution in [0.4, 0.5) is 0 Å². The summed E-state index contributed by atoms with van der Waals surface area (Å²) in [6.45, 7) is 0. The average molecular weight is 711 g/mol. The molecule has 12 rings (SSSR count). The number of hydrogen-bond acceptors (Lipinski definition) is 4. The highest BCUT2D eigenvalue weighted by Gasteiger charge is 2.19. The molecule has 0 bridgehead atoms. The summed E-state index contributed by atoms with van der Waals surface area (Å²) in [5.41, 5.74) is 5.96. The summed E-state index contributed by atoms with van der Waals surface area (Å²) in [4.78, 5) is 20.3. The molecule has 0 atom stereocenters. The molecule has 2 heterocycles. The van der Waals surface area contributed by atoms with Crippen LogP contribution >= 0.6 is 0 Å². The summed E-state index contributed by atoms with van der Waals surface area (Å²) >= 11 is 0. The van der Waals surface area contributed by atoms with Gasteiger partial charge in [-0.3, -0.25) is 4.98 Å². The molecule has 258 valence electrons. The van der Waals surface area contributed by atoms with E-state index in [0.717, 1.165) is 44.1 Å². The standard InChI is InChI=1S/C52H30N4/c1-2-9-31(10-3-1)35-14-4-15-38(27-35)50-54-51(39-24-25-45-36(28-39)16-8-26-53-45)56-52(55-50)40-29-37-23-22-34-12-6-18-42-41-17-5-11-32-20-21-33-13-7-19-43(48(33)46(32)41)44(30-40)49(37)47(34)42/h1-30H. The predicted octanol–water partition coefficient (Wildman–Crippen LogP) is 13.4. The van der Waals surface area contributed by atoms with E-state index in [0.29, 0.717) is 17.5 Å². The van der Waals surface area contributed by atoms with Crippen LogP contribution in [0.5, 0.6) is 0 Å². The van der Waals surface area contributed by atoms with Crippen molar-refractivity contribution in [2.45, 2.75) is 0 Å². The van der Waals surface area contributed by atoms with Crippen molar-refractivity contribution in [3.63, 3.8) is 0 Å². The highest BCUT2D eigenvalue weighted by Crippen LogP contribution is 2.44. The van der Waals surface area contributed by atoms with Gasteiger partial charge in [0.1, 0.15) is 0 Å². The molecule has 2 aromatic heterocycles. The molecule has 0 aliphatic carbocycles. The average Bonchev–Trinajstić information content (AvgIpc) is 3.27. The zero-order chi connectivity index (χ0) is 36.7. The molecule has 0 aliphatic heterocycles. The zero-order valence-corrected chi connectivity index (χ0v) is 30.1. The van der Waals surface area contributed by atoms with E-state index in [2.05, 4.69) is 163 Å². The Morgan fingerprint density at radius 3 is 1.45 bits per heavy atom. The van der Waals surface area contributed by atoms with E-state index in [-0.39, 0.29) is 0 Å². The second-order valence-corrected chi connectivity index (χ2v) is 14.6. The van der Waals surface area contributed by atoms with Crippen LogP contribution in [-0.4, -0.2) is 19.9 Å². The third-order valence-corrected chi connectivity index (χ3v) is 11.4. The minimum atomic E-state index is 0.616. The Hall–Kier alpha value is -7.56. The van der Waals surface area contributed by atoms with Crippen molar-refractivity contribution in [2.75, 3.05) is 0 Å². The first-order valence-electron chi connectivity index (χ1n) is 19.0. The molecule has 0 N–H and O–H groups in total. The van der Waals surface area contributed by atoms with E-state index in [1.807, 2.05) is 24.4 Å². The number of hydrogen-bond donors (Lipinski definition) is 0. The first-order valence-corrected chi connectivity index (χ1v) is 19.0. The number of nitrogens with zero attached hydrogens (tertiary/aromatic N) is 4. The maximum absolute atomic E-state index is 5.29. The van der Waals surface area contributed by atoms with Crippen molar-refractivity contribution >= 4 is 75.5 Å². The second kappa shape index (κ2) is 12.0. The molecule has 4 nitrogen and oxygen atoms in total. The molecule has 0 saturated carbocycles. The molecule has 4 heteroatoms. The maximum Gasteiger partial charge on any atom is 0.164 e. The Labute approximate surface area is 321 Å². The Morgan fingerprint density at radius 1 is 0.268 bits per heavy atom. The van der Waals surface area contributed by atoms with Crippen LogP contribution in [-0.2, 0) is 0 Å². The highest BCUT2D eigenvalue weighted by molar-refractivity contribution is 6.37. The van der Waals surface area contributed by atoms with Gasteiger partial charge in [0.2, 0.25) is 0 Å². The van der Waals surface area contributed by atoms with E-state index in [1.54, 1.807) is 0 Å². The molecular weight excluding hydrogens is 681 g/mol. The minimum absolute atomic E-state index is 0.616. The first-order chi connectivity index (χ1) is 27.7. The summed E-state index contributed by atoms with van der Waals surface area (Å²) in [6.07, 6.45) is 1.82. The second-order valence-electron chi connectivity index (χ2n) is 14.6. The topological polar surface area (TPSA) is 51.6 Å². The number of rotatable bonds is 4. The predicted molar refractivity (Wildman–Crippen MR) is 233 cm³/mol. The van der Waals surface area contributed by atoms with Gasteiger partial charge < -0.3 is 0 Å². The van der Waals surface area contributed by atoms with Crippen LogP contribution in [0, 0.1) is 0 Å². The summed E-state index contributed by atoms with van der Waals surface area (Å²) < 4.78 is 0. The van der Waals surface area contributed by atoms with E-state index in [1.165, 1.54) is 59.2 Å². The summed E-state index contributed by atoms with van der Waals surface area (Å²) in [7, 11) is 0.